The van der Waals surface area contributed by atoms with Crippen molar-refractivity contribution in [3.63, 3.8) is 0 Å². The Labute approximate surface area is 145 Å². The zero-order chi connectivity index (χ0) is 17.4. The first-order chi connectivity index (χ1) is 11.7. The number of unbranched alkanes of at least 4 members (excludes halogenated alkanes) is 1. The molecule has 0 saturated heterocycles. The van der Waals surface area contributed by atoms with Crippen molar-refractivity contribution in [1.29, 1.82) is 0 Å². The maximum atomic E-state index is 6.05. The van der Waals surface area contributed by atoms with Crippen molar-refractivity contribution in [1.82, 2.24) is 0 Å². The zero-order valence-corrected chi connectivity index (χ0v) is 15.0. The third kappa shape index (κ3) is 5.00. The van der Waals surface area contributed by atoms with Crippen LogP contribution in [-0.2, 0) is 6.42 Å². The van der Waals surface area contributed by atoms with E-state index in [1.54, 1.807) is 7.11 Å². The fourth-order valence-electron chi connectivity index (χ4n) is 2.89. The van der Waals surface area contributed by atoms with Gasteiger partial charge >= 0.3 is 0 Å². The van der Waals surface area contributed by atoms with Gasteiger partial charge in [0, 0.05) is 5.92 Å². The van der Waals surface area contributed by atoms with E-state index < -0.39 is 0 Å². The first-order valence-electron chi connectivity index (χ1n) is 8.74. The Morgan fingerprint density at radius 2 is 1.75 bits per heavy atom. The second kappa shape index (κ2) is 9.33. The molecule has 130 valence electrons. The molecule has 2 N–H and O–H groups in total. The van der Waals surface area contributed by atoms with Gasteiger partial charge in [-0.2, -0.15) is 0 Å². The van der Waals surface area contributed by atoms with Gasteiger partial charge in [0.05, 0.1) is 13.7 Å². The minimum absolute atomic E-state index is 0.308. The maximum Gasteiger partial charge on any atom is 0.119 e. The Morgan fingerprint density at radius 3 is 2.33 bits per heavy atom. The molecule has 0 aliphatic carbocycles. The highest BCUT2D eigenvalue weighted by Gasteiger charge is 2.14. The molecule has 0 bridgehead atoms. The number of methoxy groups -OCH3 is 1. The zero-order valence-electron chi connectivity index (χ0n) is 15.0. The van der Waals surface area contributed by atoms with Crippen LogP contribution in [0.4, 0.5) is 0 Å². The molecule has 2 aromatic carbocycles. The quantitative estimate of drug-likeness (QED) is 0.691. The summed E-state index contributed by atoms with van der Waals surface area (Å²) in [5.74, 6) is 2.14. The van der Waals surface area contributed by atoms with E-state index in [0.717, 1.165) is 37.4 Å². The van der Waals surface area contributed by atoms with Crippen molar-refractivity contribution >= 4 is 0 Å². The molecule has 0 aromatic heterocycles. The lowest BCUT2D eigenvalue weighted by atomic mass is 9.89. The molecule has 0 amide bonds. The van der Waals surface area contributed by atoms with Gasteiger partial charge < -0.3 is 15.2 Å². The largest absolute Gasteiger partial charge is 0.497 e. The van der Waals surface area contributed by atoms with Crippen LogP contribution in [0, 0.1) is 6.92 Å². The third-order valence-electron chi connectivity index (χ3n) is 4.37. The molecule has 0 aliphatic rings. The van der Waals surface area contributed by atoms with Crippen LogP contribution in [0.15, 0.2) is 42.5 Å². The summed E-state index contributed by atoms with van der Waals surface area (Å²) in [4.78, 5) is 0. The van der Waals surface area contributed by atoms with Gasteiger partial charge in [-0.3, -0.25) is 0 Å². The van der Waals surface area contributed by atoms with Crippen LogP contribution in [0.1, 0.15) is 42.4 Å². The molecule has 0 radical (unpaired) electrons. The fraction of sp³-hybridized carbons (Fsp3) is 0.429. The molecule has 3 heteroatoms. The molecule has 0 heterocycles. The van der Waals surface area contributed by atoms with Crippen molar-refractivity contribution in [2.24, 2.45) is 5.73 Å². The molecular weight excluding hydrogens is 298 g/mol. The minimum atomic E-state index is 0.308. The second-order valence-electron chi connectivity index (χ2n) is 6.21. The highest BCUT2D eigenvalue weighted by molar-refractivity contribution is 5.38. The molecule has 0 spiro atoms. The fourth-order valence-corrected chi connectivity index (χ4v) is 2.89. The number of ether oxygens (including phenoxy) is 2. The number of hydrogen-bond donors (Lipinski definition) is 1. The summed E-state index contributed by atoms with van der Waals surface area (Å²) in [6, 6.07) is 14.6. The summed E-state index contributed by atoms with van der Waals surface area (Å²) in [6.07, 6.45) is 3.17. The van der Waals surface area contributed by atoms with Crippen molar-refractivity contribution in [3.8, 4) is 11.5 Å². The van der Waals surface area contributed by atoms with Crippen LogP contribution in [0.25, 0.3) is 0 Å². The third-order valence-corrected chi connectivity index (χ3v) is 4.37. The van der Waals surface area contributed by atoms with Crippen LogP contribution in [0.3, 0.4) is 0 Å². The standard InChI is InChI=1S/C21H29NO2/c1-4-5-12-24-19-8-6-17(7-9-19)14-18(15-22)21-11-10-20(23-3)13-16(21)2/h6-11,13,18H,4-5,12,14-15,22H2,1-3H3. The Morgan fingerprint density at radius 1 is 1.04 bits per heavy atom. The SMILES string of the molecule is CCCCOc1ccc(CC(CN)c2ccc(OC)cc2C)cc1. The van der Waals surface area contributed by atoms with E-state index in [0.29, 0.717) is 12.5 Å². The van der Waals surface area contributed by atoms with Gasteiger partial charge in [-0.15, -0.1) is 0 Å². The second-order valence-corrected chi connectivity index (χ2v) is 6.21. The summed E-state index contributed by atoms with van der Waals surface area (Å²) >= 11 is 0. The van der Waals surface area contributed by atoms with Gasteiger partial charge in [-0.1, -0.05) is 31.5 Å². The average molecular weight is 327 g/mol. The molecule has 0 fully saturated rings. The highest BCUT2D eigenvalue weighted by Crippen LogP contribution is 2.27. The number of nitrogens with two attached hydrogens (primary N) is 1. The number of hydrogen-bond acceptors (Lipinski definition) is 3. The Balaban J connectivity index is 2.04. The van der Waals surface area contributed by atoms with Gasteiger partial charge in [-0.25, -0.2) is 0 Å². The Bertz CT molecular complexity index is 622. The van der Waals surface area contributed by atoms with Gasteiger partial charge in [0.15, 0.2) is 0 Å². The van der Waals surface area contributed by atoms with Gasteiger partial charge in [0.2, 0.25) is 0 Å². The molecule has 3 nitrogen and oxygen atoms in total. The average Bonchev–Trinajstić information content (AvgIpc) is 2.61. The van der Waals surface area contributed by atoms with Crippen molar-refractivity contribution in [2.45, 2.75) is 39.0 Å². The van der Waals surface area contributed by atoms with E-state index in [2.05, 4.69) is 50.2 Å². The van der Waals surface area contributed by atoms with Crippen molar-refractivity contribution < 1.29 is 9.47 Å². The number of benzene rings is 2. The van der Waals surface area contributed by atoms with Crippen LogP contribution < -0.4 is 15.2 Å². The van der Waals surface area contributed by atoms with Crippen LogP contribution in [0.5, 0.6) is 11.5 Å². The monoisotopic (exact) mass is 327 g/mol. The van der Waals surface area contributed by atoms with E-state index in [1.807, 2.05) is 6.07 Å². The van der Waals surface area contributed by atoms with E-state index in [9.17, 15) is 0 Å². The molecule has 1 unspecified atom stereocenters. The Hall–Kier alpha value is -2.00. The topological polar surface area (TPSA) is 44.5 Å². The summed E-state index contributed by atoms with van der Waals surface area (Å²) in [5.41, 5.74) is 9.85. The summed E-state index contributed by atoms with van der Waals surface area (Å²) in [6.45, 7) is 5.69. The first-order valence-corrected chi connectivity index (χ1v) is 8.74. The van der Waals surface area contributed by atoms with Gasteiger partial charge in [-0.05, 0) is 67.3 Å². The summed E-state index contributed by atoms with van der Waals surface area (Å²) < 4.78 is 11.0. The lowest BCUT2D eigenvalue weighted by Crippen LogP contribution is -2.16. The van der Waals surface area contributed by atoms with Gasteiger partial charge in [0.1, 0.15) is 11.5 Å². The Kier molecular flexibility index (Phi) is 7.13. The van der Waals surface area contributed by atoms with Crippen molar-refractivity contribution in [2.75, 3.05) is 20.3 Å². The lowest BCUT2D eigenvalue weighted by molar-refractivity contribution is 0.309. The first kappa shape index (κ1) is 18.3. The van der Waals surface area contributed by atoms with Crippen LogP contribution in [0.2, 0.25) is 0 Å². The van der Waals surface area contributed by atoms with Gasteiger partial charge in [0.25, 0.3) is 0 Å². The smallest absolute Gasteiger partial charge is 0.119 e. The number of rotatable bonds is 9. The highest BCUT2D eigenvalue weighted by atomic mass is 16.5. The maximum absolute atomic E-state index is 6.05. The summed E-state index contributed by atoms with van der Waals surface area (Å²) in [5, 5.41) is 0. The predicted octanol–water partition coefficient (Wildman–Crippen LogP) is 4.47. The van der Waals surface area contributed by atoms with Crippen LogP contribution >= 0.6 is 0 Å². The van der Waals surface area contributed by atoms with E-state index in [1.165, 1.54) is 16.7 Å². The normalized spacial score (nSPS) is 12.0. The van der Waals surface area contributed by atoms with Crippen molar-refractivity contribution in [3.05, 3.63) is 59.2 Å². The van der Waals surface area contributed by atoms with E-state index in [4.69, 9.17) is 15.2 Å². The lowest BCUT2D eigenvalue weighted by Gasteiger charge is -2.19. The molecule has 24 heavy (non-hydrogen) atoms. The molecule has 1 atom stereocenters. The predicted molar refractivity (Wildman–Crippen MR) is 100 cm³/mol. The number of aryl methyl sites for hydroxylation is 1. The molecule has 2 aromatic rings. The molecule has 0 saturated carbocycles. The van der Waals surface area contributed by atoms with Crippen LogP contribution in [-0.4, -0.2) is 20.3 Å². The minimum Gasteiger partial charge on any atom is -0.497 e. The molecular formula is C21H29NO2. The van der Waals surface area contributed by atoms with E-state index >= 15 is 0 Å². The molecule has 0 aliphatic heterocycles. The summed E-state index contributed by atoms with van der Waals surface area (Å²) in [7, 11) is 1.69. The van der Waals surface area contributed by atoms with E-state index in [-0.39, 0.29) is 0 Å². The molecule has 2 rings (SSSR count).